The largest absolute Gasteiger partial charge is 0.394 e. The zero-order chi connectivity index (χ0) is 18.1. The van der Waals surface area contributed by atoms with E-state index < -0.39 is 0 Å². The van der Waals surface area contributed by atoms with Crippen molar-refractivity contribution in [1.29, 1.82) is 0 Å². The van der Waals surface area contributed by atoms with E-state index >= 15 is 0 Å². The van der Waals surface area contributed by atoms with Crippen LogP contribution in [-0.4, -0.2) is 37.4 Å². The number of rotatable bonds is 9. The summed E-state index contributed by atoms with van der Waals surface area (Å²) in [6.07, 6.45) is 0. The van der Waals surface area contributed by atoms with Crippen LogP contribution in [-0.2, 0) is 4.74 Å². The summed E-state index contributed by atoms with van der Waals surface area (Å²) in [6, 6.07) is 13.1. The van der Waals surface area contributed by atoms with E-state index in [4.69, 9.17) is 9.84 Å². The van der Waals surface area contributed by atoms with Gasteiger partial charge in [-0.3, -0.25) is 4.79 Å². The second-order valence-electron chi connectivity index (χ2n) is 5.59. The first kappa shape index (κ1) is 19.1. The lowest BCUT2D eigenvalue weighted by atomic mass is 10.1. The lowest BCUT2D eigenvalue weighted by Gasteiger charge is -2.15. The molecule has 2 rings (SSSR count). The van der Waals surface area contributed by atoms with Crippen LogP contribution in [0.5, 0.6) is 0 Å². The van der Waals surface area contributed by atoms with Crippen LogP contribution in [0.15, 0.2) is 48.5 Å². The molecule has 0 saturated heterocycles. The maximum absolute atomic E-state index is 12.9. The second-order valence-corrected chi connectivity index (χ2v) is 5.59. The molecule has 0 fully saturated rings. The van der Waals surface area contributed by atoms with E-state index in [2.05, 4.69) is 10.6 Å². The Kier molecular flexibility index (Phi) is 7.53. The zero-order valence-corrected chi connectivity index (χ0v) is 14.2. The third-order valence-electron chi connectivity index (χ3n) is 3.71. The number of carbonyl (C=O) groups is 1. The molecule has 2 aromatic carbocycles. The molecule has 0 saturated carbocycles. The Hall–Kier alpha value is -2.28. The van der Waals surface area contributed by atoms with Crippen molar-refractivity contribution >= 4 is 11.6 Å². The minimum atomic E-state index is -0.371. The van der Waals surface area contributed by atoms with Crippen LogP contribution >= 0.6 is 0 Å². The van der Waals surface area contributed by atoms with Crippen LogP contribution in [0, 0.1) is 5.82 Å². The van der Waals surface area contributed by atoms with E-state index in [1.54, 1.807) is 0 Å². The molecule has 0 aromatic heterocycles. The SMILES string of the molecule is CC(NCCOCCO)c1ccc(NC(=O)c2ccc(F)cc2)cc1. The van der Waals surface area contributed by atoms with Gasteiger partial charge in [0, 0.05) is 23.8 Å². The number of aliphatic hydroxyl groups is 1. The van der Waals surface area contributed by atoms with Crippen molar-refractivity contribution in [2.24, 2.45) is 0 Å². The van der Waals surface area contributed by atoms with Crippen LogP contribution in [0.25, 0.3) is 0 Å². The van der Waals surface area contributed by atoms with Crippen molar-refractivity contribution in [2.45, 2.75) is 13.0 Å². The smallest absolute Gasteiger partial charge is 0.255 e. The number of nitrogens with one attached hydrogen (secondary N) is 2. The van der Waals surface area contributed by atoms with Crippen molar-refractivity contribution in [3.63, 3.8) is 0 Å². The fourth-order valence-corrected chi connectivity index (χ4v) is 2.29. The van der Waals surface area contributed by atoms with Crippen molar-refractivity contribution in [1.82, 2.24) is 5.32 Å². The van der Waals surface area contributed by atoms with Gasteiger partial charge in [-0.1, -0.05) is 12.1 Å². The van der Waals surface area contributed by atoms with Crippen LogP contribution < -0.4 is 10.6 Å². The number of amides is 1. The quantitative estimate of drug-likeness (QED) is 0.611. The molecule has 6 heteroatoms. The van der Waals surface area contributed by atoms with Crippen LogP contribution in [0.2, 0.25) is 0 Å². The molecule has 1 amide bonds. The monoisotopic (exact) mass is 346 g/mol. The molecule has 0 spiro atoms. The van der Waals surface area contributed by atoms with Gasteiger partial charge in [0.05, 0.1) is 19.8 Å². The Bertz CT molecular complexity index is 659. The number of ether oxygens (including phenoxy) is 1. The van der Waals surface area contributed by atoms with E-state index in [1.165, 1.54) is 24.3 Å². The fourth-order valence-electron chi connectivity index (χ4n) is 2.29. The molecule has 0 radical (unpaired) electrons. The number of hydrogen-bond acceptors (Lipinski definition) is 4. The van der Waals surface area contributed by atoms with Crippen molar-refractivity contribution in [2.75, 3.05) is 31.7 Å². The van der Waals surface area contributed by atoms with Crippen molar-refractivity contribution in [3.05, 3.63) is 65.5 Å². The van der Waals surface area contributed by atoms with Gasteiger partial charge in [0.2, 0.25) is 0 Å². The Morgan fingerprint density at radius 2 is 1.80 bits per heavy atom. The average molecular weight is 346 g/mol. The van der Waals surface area contributed by atoms with Gasteiger partial charge in [-0.05, 0) is 48.9 Å². The summed E-state index contributed by atoms with van der Waals surface area (Å²) in [5, 5.41) is 14.7. The maximum atomic E-state index is 12.9. The minimum Gasteiger partial charge on any atom is -0.394 e. The summed E-state index contributed by atoms with van der Waals surface area (Å²) < 4.78 is 18.1. The van der Waals surface area contributed by atoms with Crippen molar-refractivity contribution in [3.8, 4) is 0 Å². The number of anilines is 1. The van der Waals surface area contributed by atoms with E-state index in [9.17, 15) is 9.18 Å². The maximum Gasteiger partial charge on any atom is 0.255 e. The first-order valence-electron chi connectivity index (χ1n) is 8.19. The molecule has 1 atom stereocenters. The summed E-state index contributed by atoms with van der Waals surface area (Å²) in [7, 11) is 0. The summed E-state index contributed by atoms with van der Waals surface area (Å²) in [5.74, 6) is -0.649. The highest BCUT2D eigenvalue weighted by Crippen LogP contribution is 2.16. The molecule has 3 N–H and O–H groups in total. The molecular weight excluding hydrogens is 323 g/mol. The molecule has 0 heterocycles. The first-order valence-corrected chi connectivity index (χ1v) is 8.19. The molecule has 5 nitrogen and oxygen atoms in total. The molecule has 0 aliphatic heterocycles. The van der Waals surface area contributed by atoms with Crippen LogP contribution in [0.3, 0.4) is 0 Å². The first-order chi connectivity index (χ1) is 12.1. The van der Waals surface area contributed by atoms with Gasteiger partial charge in [-0.15, -0.1) is 0 Å². The molecule has 0 aliphatic carbocycles. The number of hydrogen-bond donors (Lipinski definition) is 3. The number of benzene rings is 2. The van der Waals surface area contributed by atoms with Gasteiger partial charge < -0.3 is 20.5 Å². The lowest BCUT2D eigenvalue weighted by molar-refractivity contribution is 0.0928. The standard InChI is InChI=1S/C19H23FN2O3/c1-14(21-10-12-25-13-11-23)15-4-8-18(9-5-15)22-19(24)16-2-6-17(20)7-3-16/h2-9,14,21,23H,10-13H2,1H3,(H,22,24). The molecule has 25 heavy (non-hydrogen) atoms. The van der Waals surface area contributed by atoms with Gasteiger partial charge in [0.1, 0.15) is 5.82 Å². The van der Waals surface area contributed by atoms with Crippen LogP contribution in [0.1, 0.15) is 28.9 Å². The highest BCUT2D eigenvalue weighted by Gasteiger charge is 2.08. The Labute approximate surface area is 146 Å². The highest BCUT2D eigenvalue weighted by atomic mass is 19.1. The molecule has 0 bridgehead atoms. The van der Waals surface area contributed by atoms with Gasteiger partial charge in [0.15, 0.2) is 0 Å². The summed E-state index contributed by atoms with van der Waals surface area (Å²) in [4.78, 5) is 12.1. The molecule has 2 aromatic rings. The third kappa shape index (κ3) is 6.26. The van der Waals surface area contributed by atoms with Gasteiger partial charge in [-0.25, -0.2) is 4.39 Å². The molecule has 134 valence electrons. The van der Waals surface area contributed by atoms with E-state index in [0.29, 0.717) is 31.0 Å². The lowest BCUT2D eigenvalue weighted by Crippen LogP contribution is -2.23. The Morgan fingerprint density at radius 3 is 2.44 bits per heavy atom. The summed E-state index contributed by atoms with van der Waals surface area (Å²) in [6.45, 7) is 3.64. The number of aliphatic hydroxyl groups excluding tert-OH is 1. The Balaban J connectivity index is 1.84. The van der Waals surface area contributed by atoms with Gasteiger partial charge in [-0.2, -0.15) is 0 Å². The molecule has 0 aliphatic rings. The Morgan fingerprint density at radius 1 is 1.12 bits per heavy atom. The second kappa shape index (κ2) is 9.88. The predicted octanol–water partition coefficient (Wildman–Crippen LogP) is 2.74. The summed E-state index contributed by atoms with van der Waals surface area (Å²) >= 11 is 0. The molecule has 1 unspecified atom stereocenters. The van der Waals surface area contributed by atoms with Crippen molar-refractivity contribution < 1.29 is 19.0 Å². The average Bonchev–Trinajstić information content (AvgIpc) is 2.62. The van der Waals surface area contributed by atoms with E-state index in [1.807, 2.05) is 31.2 Å². The summed E-state index contributed by atoms with van der Waals surface area (Å²) in [5.41, 5.74) is 2.17. The number of halogens is 1. The van der Waals surface area contributed by atoms with Crippen LogP contribution in [0.4, 0.5) is 10.1 Å². The van der Waals surface area contributed by atoms with E-state index in [-0.39, 0.29) is 24.4 Å². The normalized spacial score (nSPS) is 12.0. The minimum absolute atomic E-state index is 0.0284. The third-order valence-corrected chi connectivity index (χ3v) is 3.71. The predicted molar refractivity (Wildman–Crippen MR) is 95.1 cm³/mol. The number of carbonyl (C=O) groups excluding carboxylic acids is 1. The van der Waals surface area contributed by atoms with E-state index in [0.717, 1.165) is 5.56 Å². The van der Waals surface area contributed by atoms with Gasteiger partial charge >= 0.3 is 0 Å². The highest BCUT2D eigenvalue weighted by molar-refractivity contribution is 6.04. The topological polar surface area (TPSA) is 70.6 Å². The molecular formula is C19H23FN2O3. The van der Waals surface area contributed by atoms with Gasteiger partial charge in [0.25, 0.3) is 5.91 Å². The zero-order valence-electron chi connectivity index (χ0n) is 14.2. The fraction of sp³-hybridized carbons (Fsp3) is 0.316.